The van der Waals surface area contributed by atoms with E-state index in [4.69, 9.17) is 4.42 Å². The van der Waals surface area contributed by atoms with Gasteiger partial charge in [0.15, 0.2) is 0 Å². The summed E-state index contributed by atoms with van der Waals surface area (Å²) in [4.78, 5) is 23.1. The molecule has 0 spiro atoms. The quantitative estimate of drug-likeness (QED) is 0.631. The van der Waals surface area contributed by atoms with Crippen molar-refractivity contribution in [2.75, 3.05) is 0 Å². The van der Waals surface area contributed by atoms with E-state index >= 15 is 0 Å². The lowest BCUT2D eigenvalue weighted by Crippen LogP contribution is -1.99. The summed E-state index contributed by atoms with van der Waals surface area (Å²) in [6.45, 7) is 0. The molecule has 0 aliphatic heterocycles. The molecule has 1 aromatic heterocycles. The Morgan fingerprint density at radius 1 is 0.630 bits per heavy atom. The topological polar surface area (TPSA) is 87.7 Å². The molecule has 3 aromatic rings. The molecule has 0 aliphatic carbocycles. The van der Waals surface area contributed by atoms with Gasteiger partial charge in [-0.15, -0.1) is 0 Å². The van der Waals surface area contributed by atoms with E-state index in [2.05, 4.69) is 0 Å². The summed E-state index contributed by atoms with van der Waals surface area (Å²) in [5, 5.41) is 18.9. The van der Waals surface area contributed by atoms with Gasteiger partial charge in [-0.25, -0.2) is 9.59 Å². The smallest absolute Gasteiger partial charge is 0.336 e. The van der Waals surface area contributed by atoms with Gasteiger partial charge >= 0.3 is 11.9 Å². The third-order valence-electron chi connectivity index (χ3n) is 3.85. The second-order valence-electron chi connectivity index (χ2n) is 5.70. The van der Waals surface area contributed by atoms with Gasteiger partial charge in [-0.1, -0.05) is 60.7 Å². The van der Waals surface area contributed by atoms with E-state index in [1.807, 2.05) is 0 Å². The van der Waals surface area contributed by atoms with Crippen LogP contribution in [0.4, 0.5) is 0 Å². The monoisotopic (exact) mass is 360 g/mol. The van der Waals surface area contributed by atoms with Gasteiger partial charge in [0.2, 0.25) is 0 Å². The van der Waals surface area contributed by atoms with Crippen LogP contribution in [-0.4, -0.2) is 22.2 Å². The Balaban J connectivity index is 1.96. The maximum Gasteiger partial charge on any atom is 0.336 e. The largest absolute Gasteiger partial charge is 0.478 e. The van der Waals surface area contributed by atoms with Crippen molar-refractivity contribution in [1.82, 2.24) is 0 Å². The van der Waals surface area contributed by atoms with Crippen LogP contribution in [0.1, 0.15) is 22.6 Å². The predicted molar refractivity (Wildman–Crippen MR) is 103 cm³/mol. The first kappa shape index (κ1) is 17.9. The third kappa shape index (κ3) is 4.41. The van der Waals surface area contributed by atoms with Crippen LogP contribution >= 0.6 is 0 Å². The van der Waals surface area contributed by atoms with Crippen LogP contribution in [0.3, 0.4) is 0 Å². The van der Waals surface area contributed by atoms with Crippen molar-refractivity contribution in [2.45, 2.75) is 0 Å². The van der Waals surface area contributed by atoms with Gasteiger partial charge in [0, 0.05) is 0 Å². The zero-order valence-electron chi connectivity index (χ0n) is 14.2. The molecule has 0 fully saturated rings. The van der Waals surface area contributed by atoms with Crippen LogP contribution in [0.5, 0.6) is 0 Å². The lowest BCUT2D eigenvalue weighted by molar-refractivity contribution is -0.131. The third-order valence-corrected chi connectivity index (χ3v) is 3.85. The molecule has 0 amide bonds. The number of carboxylic acid groups (broad SMARTS) is 2. The lowest BCUT2D eigenvalue weighted by Gasteiger charge is -2.02. The van der Waals surface area contributed by atoms with E-state index in [1.165, 1.54) is 12.2 Å². The number of hydrogen-bond donors (Lipinski definition) is 2. The Hall–Kier alpha value is -3.86. The number of furan rings is 1. The summed E-state index contributed by atoms with van der Waals surface area (Å²) < 4.78 is 5.61. The molecular formula is C22H16O5. The molecule has 0 radical (unpaired) electrons. The van der Waals surface area contributed by atoms with Crippen LogP contribution in [0.25, 0.3) is 23.3 Å². The van der Waals surface area contributed by atoms with E-state index in [1.54, 1.807) is 72.8 Å². The standard InChI is InChI=1S/C22H16O5/c23-21(24)19(15-7-3-1-4-8-15)13-17-11-12-18(27-17)14-20(22(25)26)16-9-5-2-6-10-16/h1-14H,(H,23,24)(H,25,26)/b19-13+,20-14+. The van der Waals surface area contributed by atoms with Gasteiger partial charge in [-0.2, -0.15) is 0 Å². The van der Waals surface area contributed by atoms with Gasteiger partial charge in [-0.05, 0) is 35.4 Å². The minimum atomic E-state index is -1.08. The Labute approximate surface area is 155 Å². The van der Waals surface area contributed by atoms with Gasteiger partial charge in [0.25, 0.3) is 0 Å². The zero-order valence-corrected chi connectivity index (χ0v) is 14.2. The summed E-state index contributed by atoms with van der Waals surface area (Å²) >= 11 is 0. The number of aliphatic carboxylic acids is 2. The normalized spacial score (nSPS) is 12.0. The Kier molecular flexibility index (Phi) is 5.33. The fourth-order valence-corrected chi connectivity index (χ4v) is 2.58. The zero-order chi connectivity index (χ0) is 19.2. The minimum absolute atomic E-state index is 0.0852. The van der Waals surface area contributed by atoms with E-state index in [0.717, 1.165) is 0 Å². The van der Waals surface area contributed by atoms with Crippen LogP contribution in [0.15, 0.2) is 77.2 Å². The Bertz CT molecular complexity index is 929. The maximum absolute atomic E-state index is 11.6. The number of hydrogen-bond acceptors (Lipinski definition) is 3. The summed E-state index contributed by atoms with van der Waals surface area (Å²) in [5.74, 6) is -1.52. The highest BCUT2D eigenvalue weighted by Gasteiger charge is 2.13. The maximum atomic E-state index is 11.6. The molecule has 27 heavy (non-hydrogen) atoms. The van der Waals surface area contributed by atoms with Crippen LogP contribution in [0, 0.1) is 0 Å². The van der Waals surface area contributed by atoms with Crippen molar-refractivity contribution in [3.63, 3.8) is 0 Å². The molecule has 0 atom stereocenters. The first-order valence-electron chi connectivity index (χ1n) is 8.15. The molecule has 1 heterocycles. The van der Waals surface area contributed by atoms with Crippen molar-refractivity contribution in [3.8, 4) is 0 Å². The van der Waals surface area contributed by atoms with Crippen molar-refractivity contribution in [3.05, 3.63) is 95.4 Å². The highest BCUT2D eigenvalue weighted by molar-refractivity contribution is 6.21. The average Bonchev–Trinajstić information content (AvgIpc) is 3.12. The molecule has 0 saturated heterocycles. The molecule has 0 unspecified atom stereocenters. The highest BCUT2D eigenvalue weighted by atomic mass is 16.4. The summed E-state index contributed by atoms with van der Waals surface area (Å²) in [5.41, 5.74) is 1.27. The van der Waals surface area contributed by atoms with E-state index in [0.29, 0.717) is 22.6 Å². The Morgan fingerprint density at radius 3 is 1.33 bits per heavy atom. The Morgan fingerprint density at radius 2 is 1.00 bits per heavy atom. The van der Waals surface area contributed by atoms with E-state index < -0.39 is 11.9 Å². The molecule has 5 heteroatoms. The van der Waals surface area contributed by atoms with Gasteiger partial charge in [0.05, 0.1) is 11.1 Å². The van der Waals surface area contributed by atoms with E-state index in [9.17, 15) is 19.8 Å². The number of carbonyl (C=O) groups is 2. The molecule has 2 aromatic carbocycles. The molecule has 0 bridgehead atoms. The summed E-state index contributed by atoms with van der Waals surface area (Å²) in [6, 6.07) is 20.6. The van der Waals surface area contributed by atoms with Gasteiger partial charge < -0.3 is 14.6 Å². The predicted octanol–water partition coefficient (Wildman–Crippen LogP) is 4.53. The summed E-state index contributed by atoms with van der Waals surface area (Å²) in [7, 11) is 0. The van der Waals surface area contributed by atoms with Crippen molar-refractivity contribution in [1.29, 1.82) is 0 Å². The first-order valence-corrected chi connectivity index (χ1v) is 8.15. The second-order valence-corrected chi connectivity index (χ2v) is 5.70. The molecule has 2 N–H and O–H groups in total. The fraction of sp³-hybridized carbons (Fsp3) is 0. The second kappa shape index (κ2) is 8.01. The minimum Gasteiger partial charge on any atom is -0.478 e. The molecule has 134 valence electrons. The highest BCUT2D eigenvalue weighted by Crippen LogP contribution is 2.23. The van der Waals surface area contributed by atoms with Crippen LogP contribution in [-0.2, 0) is 9.59 Å². The number of benzene rings is 2. The SMILES string of the molecule is O=C(O)/C(=C/c1ccc(/C=C(/C(=O)O)c2ccccc2)o1)c1ccccc1. The van der Waals surface area contributed by atoms with Crippen LogP contribution < -0.4 is 0 Å². The lowest BCUT2D eigenvalue weighted by atomic mass is 10.1. The van der Waals surface area contributed by atoms with E-state index in [-0.39, 0.29) is 11.1 Å². The molecule has 0 saturated carbocycles. The average molecular weight is 360 g/mol. The van der Waals surface area contributed by atoms with Crippen molar-refractivity contribution in [2.24, 2.45) is 0 Å². The molecule has 0 aliphatic rings. The molecular weight excluding hydrogens is 344 g/mol. The van der Waals surface area contributed by atoms with Gasteiger partial charge in [0.1, 0.15) is 11.5 Å². The van der Waals surface area contributed by atoms with Gasteiger partial charge in [-0.3, -0.25) is 0 Å². The number of rotatable bonds is 6. The molecule has 5 nitrogen and oxygen atoms in total. The fourth-order valence-electron chi connectivity index (χ4n) is 2.58. The van der Waals surface area contributed by atoms with Crippen LogP contribution in [0.2, 0.25) is 0 Å². The van der Waals surface area contributed by atoms with Crippen molar-refractivity contribution >= 4 is 35.2 Å². The molecule has 3 rings (SSSR count). The first-order chi connectivity index (χ1) is 13.0. The summed E-state index contributed by atoms with van der Waals surface area (Å²) in [6.07, 6.45) is 2.83. The number of carboxylic acids is 2. The van der Waals surface area contributed by atoms with Crippen molar-refractivity contribution < 1.29 is 24.2 Å².